The summed E-state index contributed by atoms with van der Waals surface area (Å²) in [4.78, 5) is 16.5. The summed E-state index contributed by atoms with van der Waals surface area (Å²) >= 11 is 0. The van der Waals surface area contributed by atoms with Crippen molar-refractivity contribution in [3.05, 3.63) is 29.3 Å². The first-order valence-corrected chi connectivity index (χ1v) is 8.51. The van der Waals surface area contributed by atoms with Crippen LogP contribution in [0.25, 0.3) is 0 Å². The number of carbonyl (C=O) groups is 1. The Bertz CT molecular complexity index is 522. The van der Waals surface area contributed by atoms with Gasteiger partial charge in [-0.15, -0.1) is 0 Å². The highest BCUT2D eigenvalue weighted by atomic mass is 16.5. The summed E-state index contributed by atoms with van der Waals surface area (Å²) in [5, 5.41) is 0. The summed E-state index contributed by atoms with van der Waals surface area (Å²) in [6, 6.07) is 6.29. The van der Waals surface area contributed by atoms with E-state index < -0.39 is 0 Å². The molecule has 1 aromatic carbocycles. The predicted octanol–water partition coefficient (Wildman–Crippen LogP) is 2.11. The number of hydrogen-bond donors (Lipinski definition) is 0. The van der Waals surface area contributed by atoms with Crippen molar-refractivity contribution < 1.29 is 9.53 Å². The molecule has 0 atom stereocenters. The van der Waals surface area contributed by atoms with E-state index in [-0.39, 0.29) is 12.5 Å². The molecule has 22 heavy (non-hydrogen) atoms. The molecule has 1 heterocycles. The lowest BCUT2D eigenvalue weighted by Crippen LogP contribution is -2.49. The van der Waals surface area contributed by atoms with E-state index in [4.69, 9.17) is 4.74 Å². The number of likely N-dealkylation sites (N-methyl/N-ethyl adjacent to an activating group) is 1. The van der Waals surface area contributed by atoms with Gasteiger partial charge in [-0.1, -0.05) is 13.0 Å². The standard InChI is InChI=1S/C18H26N2O2/c1-2-19-9-11-20(12-10-19)18(21)14-22-17-8-7-15-5-3-4-6-16(15)13-17/h7-8,13H,2-6,9-12,14H2,1H3. The Morgan fingerprint density at radius 2 is 1.82 bits per heavy atom. The number of carbonyl (C=O) groups excluding carboxylic acids is 1. The third kappa shape index (κ3) is 3.61. The van der Waals surface area contributed by atoms with Crippen molar-refractivity contribution in [3.8, 4) is 5.75 Å². The van der Waals surface area contributed by atoms with Gasteiger partial charge < -0.3 is 14.5 Å². The fourth-order valence-electron chi connectivity index (χ4n) is 3.35. The van der Waals surface area contributed by atoms with Crippen molar-refractivity contribution in [2.24, 2.45) is 0 Å². The zero-order chi connectivity index (χ0) is 15.4. The number of fused-ring (bicyclic) bond motifs is 1. The maximum absolute atomic E-state index is 12.2. The molecule has 4 heteroatoms. The Morgan fingerprint density at radius 1 is 1.09 bits per heavy atom. The van der Waals surface area contributed by atoms with Gasteiger partial charge in [-0.05, 0) is 55.5 Å². The molecule has 120 valence electrons. The van der Waals surface area contributed by atoms with Crippen LogP contribution in [-0.4, -0.2) is 55.0 Å². The highest BCUT2D eigenvalue weighted by Gasteiger charge is 2.20. The van der Waals surface area contributed by atoms with Gasteiger partial charge in [0.1, 0.15) is 5.75 Å². The molecule has 4 nitrogen and oxygen atoms in total. The first-order chi connectivity index (χ1) is 10.8. The minimum Gasteiger partial charge on any atom is -0.484 e. The molecule has 1 amide bonds. The number of piperazine rings is 1. The van der Waals surface area contributed by atoms with Crippen LogP contribution in [0.1, 0.15) is 30.9 Å². The predicted molar refractivity (Wildman–Crippen MR) is 87.3 cm³/mol. The third-order valence-electron chi connectivity index (χ3n) is 4.85. The van der Waals surface area contributed by atoms with E-state index in [1.54, 1.807) is 0 Å². The van der Waals surface area contributed by atoms with Crippen LogP contribution in [0, 0.1) is 0 Å². The van der Waals surface area contributed by atoms with E-state index >= 15 is 0 Å². The van der Waals surface area contributed by atoms with Crippen LogP contribution >= 0.6 is 0 Å². The lowest BCUT2D eigenvalue weighted by Gasteiger charge is -2.34. The van der Waals surface area contributed by atoms with Gasteiger partial charge in [-0.2, -0.15) is 0 Å². The third-order valence-corrected chi connectivity index (χ3v) is 4.85. The van der Waals surface area contributed by atoms with Gasteiger partial charge in [-0.25, -0.2) is 0 Å². The topological polar surface area (TPSA) is 32.8 Å². The van der Waals surface area contributed by atoms with Crippen molar-refractivity contribution in [1.82, 2.24) is 9.80 Å². The largest absolute Gasteiger partial charge is 0.484 e. The molecule has 1 aromatic rings. The quantitative estimate of drug-likeness (QED) is 0.854. The van der Waals surface area contributed by atoms with Gasteiger partial charge in [0.25, 0.3) is 5.91 Å². The molecule has 1 saturated heterocycles. The Labute approximate surface area is 133 Å². The molecule has 0 aromatic heterocycles. The van der Waals surface area contributed by atoms with Crippen molar-refractivity contribution in [2.75, 3.05) is 39.3 Å². The number of aryl methyl sites for hydroxylation is 2. The molecule has 0 saturated carbocycles. The smallest absolute Gasteiger partial charge is 0.260 e. The Kier molecular flexibility index (Phi) is 4.98. The van der Waals surface area contributed by atoms with Crippen LogP contribution in [-0.2, 0) is 17.6 Å². The average molecular weight is 302 g/mol. The Balaban J connectivity index is 1.51. The second kappa shape index (κ2) is 7.14. The fourth-order valence-corrected chi connectivity index (χ4v) is 3.35. The molecule has 0 spiro atoms. The van der Waals surface area contributed by atoms with Crippen LogP contribution in [0.3, 0.4) is 0 Å². The van der Waals surface area contributed by atoms with E-state index in [1.165, 1.54) is 30.4 Å². The van der Waals surface area contributed by atoms with Crippen LogP contribution in [0.15, 0.2) is 18.2 Å². The highest BCUT2D eigenvalue weighted by molar-refractivity contribution is 5.77. The molecule has 3 rings (SSSR count). The zero-order valence-corrected chi connectivity index (χ0v) is 13.5. The first kappa shape index (κ1) is 15.3. The van der Waals surface area contributed by atoms with Gasteiger partial charge in [0.05, 0.1) is 0 Å². The van der Waals surface area contributed by atoms with E-state index in [0.717, 1.165) is 44.9 Å². The van der Waals surface area contributed by atoms with Gasteiger partial charge >= 0.3 is 0 Å². The van der Waals surface area contributed by atoms with Crippen LogP contribution in [0.4, 0.5) is 0 Å². The summed E-state index contributed by atoms with van der Waals surface area (Å²) in [7, 11) is 0. The van der Waals surface area contributed by atoms with E-state index in [1.807, 2.05) is 11.0 Å². The van der Waals surface area contributed by atoms with Crippen molar-refractivity contribution in [3.63, 3.8) is 0 Å². The molecule has 0 unspecified atom stereocenters. The van der Waals surface area contributed by atoms with Gasteiger partial charge in [0.15, 0.2) is 6.61 Å². The number of benzene rings is 1. The Hall–Kier alpha value is -1.55. The summed E-state index contributed by atoms with van der Waals surface area (Å²) in [6.45, 7) is 6.97. The molecular weight excluding hydrogens is 276 g/mol. The fraction of sp³-hybridized carbons (Fsp3) is 0.611. The number of hydrogen-bond acceptors (Lipinski definition) is 3. The number of rotatable bonds is 4. The second-order valence-corrected chi connectivity index (χ2v) is 6.24. The monoisotopic (exact) mass is 302 g/mol. The lowest BCUT2D eigenvalue weighted by molar-refractivity contribution is -0.135. The van der Waals surface area contributed by atoms with E-state index in [9.17, 15) is 4.79 Å². The second-order valence-electron chi connectivity index (χ2n) is 6.24. The molecule has 1 aliphatic carbocycles. The lowest BCUT2D eigenvalue weighted by atomic mass is 9.92. The molecule has 0 bridgehead atoms. The van der Waals surface area contributed by atoms with Crippen molar-refractivity contribution in [2.45, 2.75) is 32.6 Å². The minimum atomic E-state index is 0.105. The molecule has 2 aliphatic rings. The maximum Gasteiger partial charge on any atom is 0.260 e. The summed E-state index contributed by atoms with van der Waals surface area (Å²) in [5.74, 6) is 0.940. The average Bonchev–Trinajstić information content (AvgIpc) is 2.59. The highest BCUT2D eigenvalue weighted by Crippen LogP contribution is 2.25. The maximum atomic E-state index is 12.2. The van der Waals surface area contributed by atoms with Crippen LogP contribution in [0.5, 0.6) is 5.75 Å². The summed E-state index contributed by atoms with van der Waals surface area (Å²) in [5.41, 5.74) is 2.84. The minimum absolute atomic E-state index is 0.105. The number of nitrogens with zero attached hydrogens (tertiary/aromatic N) is 2. The van der Waals surface area contributed by atoms with Crippen molar-refractivity contribution in [1.29, 1.82) is 0 Å². The van der Waals surface area contributed by atoms with E-state index in [2.05, 4.69) is 24.0 Å². The number of ether oxygens (including phenoxy) is 1. The summed E-state index contributed by atoms with van der Waals surface area (Å²) < 4.78 is 5.74. The van der Waals surface area contributed by atoms with Gasteiger partial charge in [0.2, 0.25) is 0 Å². The molecule has 1 fully saturated rings. The summed E-state index contributed by atoms with van der Waals surface area (Å²) in [6.07, 6.45) is 4.86. The normalized spacial score (nSPS) is 18.9. The zero-order valence-electron chi connectivity index (χ0n) is 13.5. The van der Waals surface area contributed by atoms with Crippen LogP contribution in [0.2, 0.25) is 0 Å². The number of amides is 1. The molecule has 0 radical (unpaired) electrons. The molecule has 1 aliphatic heterocycles. The first-order valence-electron chi connectivity index (χ1n) is 8.51. The molecular formula is C18H26N2O2. The SMILES string of the molecule is CCN1CCN(C(=O)COc2ccc3c(c2)CCCC3)CC1. The van der Waals surface area contributed by atoms with Crippen molar-refractivity contribution >= 4 is 5.91 Å². The molecule has 0 N–H and O–H groups in total. The van der Waals surface area contributed by atoms with Gasteiger partial charge in [-0.3, -0.25) is 4.79 Å². The van der Waals surface area contributed by atoms with Gasteiger partial charge in [0, 0.05) is 26.2 Å². The Morgan fingerprint density at radius 3 is 2.55 bits per heavy atom. The van der Waals surface area contributed by atoms with E-state index in [0.29, 0.717) is 0 Å². The van der Waals surface area contributed by atoms with Crippen LogP contribution < -0.4 is 4.74 Å².